The van der Waals surface area contributed by atoms with Crippen molar-refractivity contribution in [3.63, 3.8) is 0 Å². The van der Waals surface area contributed by atoms with E-state index in [4.69, 9.17) is 4.74 Å². The lowest BCUT2D eigenvalue weighted by atomic mass is 10.1. The average molecular weight is 316 g/mol. The molecule has 0 bridgehead atoms. The molecule has 4 nitrogen and oxygen atoms in total. The van der Waals surface area contributed by atoms with Crippen LogP contribution in [-0.2, 0) is 16.0 Å². The number of likely N-dealkylation sites (N-methyl/N-ethyl adjacent to an activating group) is 1. The predicted octanol–water partition coefficient (Wildman–Crippen LogP) is 2.85. The number of benzene rings is 1. The normalized spacial score (nSPS) is 17.6. The smallest absolute Gasteiger partial charge is 0.228 e. The van der Waals surface area contributed by atoms with Crippen LogP contribution in [0.3, 0.4) is 0 Å². The number of hydrogen-bond donors (Lipinski definition) is 0. The summed E-state index contributed by atoms with van der Waals surface area (Å²) in [6.07, 6.45) is 1.42. The molecule has 0 spiro atoms. The summed E-state index contributed by atoms with van der Waals surface area (Å²) in [5.74, 6) is 0.598. The van der Waals surface area contributed by atoms with Gasteiger partial charge in [-0.1, -0.05) is 30.3 Å². The van der Waals surface area contributed by atoms with Gasteiger partial charge < -0.3 is 9.64 Å². The molecule has 1 unspecified atom stereocenters. The quantitative estimate of drug-likeness (QED) is 0.852. The van der Waals surface area contributed by atoms with Crippen molar-refractivity contribution in [2.24, 2.45) is 5.92 Å². The molecular formula is C17H20N2O2S. The van der Waals surface area contributed by atoms with Gasteiger partial charge in [0.25, 0.3) is 0 Å². The van der Waals surface area contributed by atoms with E-state index in [9.17, 15) is 4.79 Å². The molecule has 2 aromatic rings. The van der Waals surface area contributed by atoms with Crippen LogP contribution in [0.15, 0.2) is 35.7 Å². The van der Waals surface area contributed by atoms with Gasteiger partial charge >= 0.3 is 0 Å². The van der Waals surface area contributed by atoms with Gasteiger partial charge in [0, 0.05) is 37.1 Å². The molecule has 0 saturated carbocycles. The van der Waals surface area contributed by atoms with Crippen LogP contribution in [0.1, 0.15) is 12.1 Å². The fourth-order valence-corrected chi connectivity index (χ4v) is 3.43. The second-order valence-electron chi connectivity index (χ2n) is 5.69. The number of carbonyl (C=O) groups is 1. The molecule has 0 aliphatic carbocycles. The number of ether oxygens (including phenoxy) is 1. The number of amides is 1. The van der Waals surface area contributed by atoms with Crippen molar-refractivity contribution in [3.8, 4) is 10.6 Å². The minimum Gasteiger partial charge on any atom is -0.381 e. The molecule has 1 aliphatic rings. The van der Waals surface area contributed by atoms with Gasteiger partial charge in [-0.2, -0.15) is 0 Å². The van der Waals surface area contributed by atoms with Gasteiger partial charge in [0.1, 0.15) is 5.01 Å². The zero-order valence-electron chi connectivity index (χ0n) is 12.7. The van der Waals surface area contributed by atoms with Crippen LogP contribution in [-0.4, -0.2) is 42.6 Å². The van der Waals surface area contributed by atoms with E-state index in [2.05, 4.69) is 4.98 Å². The third kappa shape index (κ3) is 3.72. The highest BCUT2D eigenvalue weighted by Gasteiger charge is 2.20. The van der Waals surface area contributed by atoms with Crippen LogP contribution in [0.5, 0.6) is 0 Å². The lowest BCUT2D eigenvalue weighted by Crippen LogP contribution is -2.33. The Hall–Kier alpha value is -1.72. The average Bonchev–Trinajstić information content (AvgIpc) is 3.20. The van der Waals surface area contributed by atoms with Crippen molar-refractivity contribution in [2.45, 2.75) is 12.8 Å². The number of nitrogens with zero attached hydrogens (tertiary/aromatic N) is 2. The van der Waals surface area contributed by atoms with E-state index in [1.807, 2.05) is 42.8 Å². The van der Waals surface area contributed by atoms with E-state index in [1.54, 1.807) is 16.2 Å². The molecule has 1 aliphatic heterocycles. The molecule has 1 atom stereocenters. The molecule has 1 saturated heterocycles. The van der Waals surface area contributed by atoms with Gasteiger partial charge in [-0.3, -0.25) is 4.79 Å². The number of rotatable bonds is 5. The molecule has 22 heavy (non-hydrogen) atoms. The second kappa shape index (κ2) is 7.03. The SMILES string of the molecule is CN(CC1CCOC1)C(=O)Cc1csc(-c2ccccc2)n1. The van der Waals surface area contributed by atoms with Crippen LogP contribution >= 0.6 is 11.3 Å². The van der Waals surface area contributed by atoms with Crippen LogP contribution in [0.25, 0.3) is 10.6 Å². The third-order valence-corrected chi connectivity index (χ3v) is 4.83. The molecule has 0 N–H and O–H groups in total. The van der Waals surface area contributed by atoms with E-state index in [-0.39, 0.29) is 5.91 Å². The Morgan fingerprint density at radius 2 is 2.23 bits per heavy atom. The van der Waals surface area contributed by atoms with Crippen LogP contribution < -0.4 is 0 Å². The molecule has 116 valence electrons. The molecule has 2 heterocycles. The highest BCUT2D eigenvalue weighted by molar-refractivity contribution is 7.13. The first-order chi connectivity index (χ1) is 10.7. The zero-order chi connectivity index (χ0) is 15.4. The van der Waals surface area contributed by atoms with Crippen molar-refractivity contribution >= 4 is 17.2 Å². The molecule has 3 rings (SSSR count). The highest BCUT2D eigenvalue weighted by Crippen LogP contribution is 2.23. The Bertz CT molecular complexity index is 621. The second-order valence-corrected chi connectivity index (χ2v) is 6.55. The monoisotopic (exact) mass is 316 g/mol. The van der Waals surface area contributed by atoms with Crippen molar-refractivity contribution in [1.29, 1.82) is 0 Å². The van der Waals surface area contributed by atoms with E-state index >= 15 is 0 Å². The Kier molecular flexibility index (Phi) is 4.85. The summed E-state index contributed by atoms with van der Waals surface area (Å²) in [5.41, 5.74) is 1.95. The van der Waals surface area contributed by atoms with E-state index in [0.29, 0.717) is 12.3 Å². The fraction of sp³-hybridized carbons (Fsp3) is 0.412. The summed E-state index contributed by atoms with van der Waals surface area (Å²) in [4.78, 5) is 18.7. The summed E-state index contributed by atoms with van der Waals surface area (Å²) in [6, 6.07) is 10.1. The van der Waals surface area contributed by atoms with Gasteiger partial charge in [0.2, 0.25) is 5.91 Å². The minimum absolute atomic E-state index is 0.122. The van der Waals surface area contributed by atoms with E-state index in [1.165, 1.54) is 0 Å². The van der Waals surface area contributed by atoms with Crippen molar-refractivity contribution < 1.29 is 9.53 Å². The largest absolute Gasteiger partial charge is 0.381 e. The molecule has 5 heteroatoms. The van der Waals surface area contributed by atoms with Gasteiger partial charge in [0.15, 0.2) is 0 Å². The van der Waals surface area contributed by atoms with Crippen LogP contribution in [0.2, 0.25) is 0 Å². The number of carbonyl (C=O) groups excluding carboxylic acids is 1. The first-order valence-corrected chi connectivity index (χ1v) is 8.42. The minimum atomic E-state index is 0.122. The molecular weight excluding hydrogens is 296 g/mol. The summed E-state index contributed by atoms with van der Waals surface area (Å²) in [6.45, 7) is 2.36. The Morgan fingerprint density at radius 1 is 1.41 bits per heavy atom. The van der Waals surface area contributed by atoms with Crippen molar-refractivity contribution in [1.82, 2.24) is 9.88 Å². The Balaban J connectivity index is 1.58. The molecule has 0 radical (unpaired) electrons. The van der Waals surface area contributed by atoms with Crippen LogP contribution in [0, 0.1) is 5.92 Å². The first-order valence-electron chi connectivity index (χ1n) is 7.54. The fourth-order valence-electron chi connectivity index (χ4n) is 2.61. The van der Waals surface area contributed by atoms with Crippen LogP contribution in [0.4, 0.5) is 0 Å². The third-order valence-electron chi connectivity index (χ3n) is 3.89. The summed E-state index contributed by atoms with van der Waals surface area (Å²) < 4.78 is 5.36. The summed E-state index contributed by atoms with van der Waals surface area (Å²) in [7, 11) is 1.87. The summed E-state index contributed by atoms with van der Waals surface area (Å²) in [5, 5.41) is 2.95. The van der Waals surface area contributed by atoms with Gasteiger partial charge in [-0.25, -0.2) is 4.98 Å². The maximum Gasteiger partial charge on any atom is 0.228 e. The summed E-state index contributed by atoms with van der Waals surface area (Å²) >= 11 is 1.59. The Labute approximate surface area is 134 Å². The maximum absolute atomic E-state index is 12.3. The standard InChI is InChI=1S/C17H20N2O2S/c1-19(10-13-7-8-21-11-13)16(20)9-15-12-22-17(18-15)14-5-3-2-4-6-14/h2-6,12-13H,7-11H2,1H3. The zero-order valence-corrected chi connectivity index (χ0v) is 13.5. The Morgan fingerprint density at radius 3 is 2.95 bits per heavy atom. The van der Waals surface area contributed by atoms with Crippen molar-refractivity contribution in [3.05, 3.63) is 41.4 Å². The maximum atomic E-state index is 12.3. The number of thiazole rings is 1. The van der Waals surface area contributed by atoms with E-state index < -0.39 is 0 Å². The molecule has 1 amide bonds. The van der Waals surface area contributed by atoms with E-state index in [0.717, 1.165) is 42.4 Å². The highest BCUT2D eigenvalue weighted by atomic mass is 32.1. The predicted molar refractivity (Wildman–Crippen MR) is 87.8 cm³/mol. The topological polar surface area (TPSA) is 42.4 Å². The first kappa shape index (κ1) is 15.2. The lowest BCUT2D eigenvalue weighted by molar-refractivity contribution is -0.129. The molecule has 1 aromatic carbocycles. The number of aromatic nitrogens is 1. The number of hydrogen-bond acceptors (Lipinski definition) is 4. The van der Waals surface area contributed by atoms with Gasteiger partial charge in [0.05, 0.1) is 18.7 Å². The van der Waals surface area contributed by atoms with Crippen molar-refractivity contribution in [2.75, 3.05) is 26.8 Å². The van der Waals surface area contributed by atoms with Gasteiger partial charge in [-0.05, 0) is 6.42 Å². The van der Waals surface area contributed by atoms with Gasteiger partial charge in [-0.15, -0.1) is 11.3 Å². The molecule has 1 aromatic heterocycles. The lowest BCUT2D eigenvalue weighted by Gasteiger charge is -2.19. The molecule has 1 fully saturated rings.